The molecule has 1 heterocycles. The standard InChI is InChI=1S/C23H14Cl2FN3O3/c24-14-4-3-5-16(12-14)29-22(31)19(25)20(23(29)32)27-15-10-8-13(9-11-15)21(30)28-18-7-2-1-6-17(18)26/h1-12,27H,(H,28,30). The van der Waals surface area contributed by atoms with Crippen LogP contribution in [0.3, 0.4) is 0 Å². The number of hydrogen-bond donors (Lipinski definition) is 2. The molecule has 160 valence electrons. The Hall–Kier alpha value is -3.68. The topological polar surface area (TPSA) is 78.5 Å². The molecule has 1 aliphatic heterocycles. The average molecular weight is 470 g/mol. The summed E-state index contributed by atoms with van der Waals surface area (Å²) in [6.07, 6.45) is 0. The van der Waals surface area contributed by atoms with Crippen molar-refractivity contribution in [2.45, 2.75) is 0 Å². The van der Waals surface area contributed by atoms with Gasteiger partial charge >= 0.3 is 0 Å². The van der Waals surface area contributed by atoms with Crippen LogP contribution in [0.2, 0.25) is 5.02 Å². The Morgan fingerprint density at radius 1 is 0.875 bits per heavy atom. The predicted molar refractivity (Wildman–Crippen MR) is 121 cm³/mol. The molecular weight excluding hydrogens is 456 g/mol. The summed E-state index contributed by atoms with van der Waals surface area (Å²) < 4.78 is 13.7. The molecule has 0 fully saturated rings. The molecule has 0 atom stereocenters. The number of anilines is 3. The quantitative estimate of drug-likeness (QED) is 0.505. The van der Waals surface area contributed by atoms with Gasteiger partial charge in [-0.15, -0.1) is 0 Å². The van der Waals surface area contributed by atoms with Gasteiger partial charge in [-0.05, 0) is 54.6 Å². The van der Waals surface area contributed by atoms with Gasteiger partial charge in [0.2, 0.25) is 0 Å². The molecule has 2 N–H and O–H groups in total. The van der Waals surface area contributed by atoms with Crippen LogP contribution >= 0.6 is 23.2 Å². The van der Waals surface area contributed by atoms with Crippen molar-refractivity contribution in [2.24, 2.45) is 0 Å². The van der Waals surface area contributed by atoms with Crippen molar-refractivity contribution in [3.05, 3.63) is 99.9 Å². The molecule has 0 saturated carbocycles. The zero-order chi connectivity index (χ0) is 22.8. The van der Waals surface area contributed by atoms with E-state index in [1.54, 1.807) is 24.3 Å². The minimum absolute atomic E-state index is 0.0628. The van der Waals surface area contributed by atoms with Gasteiger partial charge in [0.1, 0.15) is 16.5 Å². The SMILES string of the molecule is O=C(Nc1ccccc1F)c1ccc(NC2=C(Cl)C(=O)N(c3cccc(Cl)c3)C2=O)cc1. The summed E-state index contributed by atoms with van der Waals surface area (Å²) in [5, 5.41) is 5.41. The Kier molecular flexibility index (Phi) is 5.94. The zero-order valence-corrected chi connectivity index (χ0v) is 17.7. The molecule has 4 rings (SSSR count). The largest absolute Gasteiger partial charge is 0.350 e. The van der Waals surface area contributed by atoms with Crippen molar-refractivity contribution >= 4 is 58.0 Å². The molecule has 0 bridgehead atoms. The number of hydrogen-bond acceptors (Lipinski definition) is 4. The minimum atomic E-state index is -0.678. The van der Waals surface area contributed by atoms with Gasteiger partial charge in [-0.25, -0.2) is 9.29 Å². The Labute approximate surface area is 192 Å². The molecule has 6 nitrogen and oxygen atoms in total. The van der Waals surface area contributed by atoms with E-state index < -0.39 is 23.5 Å². The maximum absolute atomic E-state index is 13.7. The molecule has 32 heavy (non-hydrogen) atoms. The first-order valence-electron chi connectivity index (χ1n) is 9.32. The highest BCUT2D eigenvalue weighted by Gasteiger charge is 2.39. The highest BCUT2D eigenvalue weighted by molar-refractivity contribution is 6.53. The molecule has 0 spiro atoms. The second-order valence-corrected chi connectivity index (χ2v) is 7.57. The highest BCUT2D eigenvalue weighted by Crippen LogP contribution is 2.31. The summed E-state index contributed by atoms with van der Waals surface area (Å²) in [5.74, 6) is -2.36. The van der Waals surface area contributed by atoms with E-state index >= 15 is 0 Å². The van der Waals surface area contributed by atoms with Crippen LogP contribution in [0.1, 0.15) is 10.4 Å². The third-order valence-electron chi connectivity index (χ3n) is 4.63. The summed E-state index contributed by atoms with van der Waals surface area (Å²) in [7, 11) is 0. The Balaban J connectivity index is 1.49. The van der Waals surface area contributed by atoms with Gasteiger partial charge in [0.05, 0.1) is 11.4 Å². The van der Waals surface area contributed by atoms with Crippen LogP contribution < -0.4 is 15.5 Å². The number of imide groups is 1. The van der Waals surface area contributed by atoms with Crippen molar-refractivity contribution in [1.29, 1.82) is 0 Å². The first kappa shape index (κ1) is 21.5. The lowest BCUT2D eigenvalue weighted by atomic mass is 10.2. The first-order valence-corrected chi connectivity index (χ1v) is 10.1. The second-order valence-electron chi connectivity index (χ2n) is 6.75. The van der Waals surface area contributed by atoms with E-state index in [1.807, 2.05) is 0 Å². The van der Waals surface area contributed by atoms with Crippen molar-refractivity contribution in [2.75, 3.05) is 15.5 Å². The minimum Gasteiger partial charge on any atom is -0.350 e. The van der Waals surface area contributed by atoms with E-state index in [-0.39, 0.29) is 22.0 Å². The Morgan fingerprint density at radius 2 is 1.59 bits per heavy atom. The molecule has 3 aromatic rings. The monoisotopic (exact) mass is 469 g/mol. The highest BCUT2D eigenvalue weighted by atomic mass is 35.5. The Bertz CT molecular complexity index is 1280. The third kappa shape index (κ3) is 4.21. The molecule has 0 radical (unpaired) electrons. The summed E-state index contributed by atoms with van der Waals surface area (Å²) in [6, 6.07) is 18.1. The lowest BCUT2D eigenvalue weighted by Gasteiger charge is -2.15. The molecule has 0 aromatic heterocycles. The molecule has 9 heteroatoms. The number of rotatable bonds is 5. The summed E-state index contributed by atoms with van der Waals surface area (Å²) in [4.78, 5) is 38.6. The first-order chi connectivity index (χ1) is 15.3. The molecule has 0 saturated heterocycles. The molecule has 1 aliphatic rings. The van der Waals surface area contributed by atoms with E-state index in [1.165, 1.54) is 48.5 Å². The van der Waals surface area contributed by atoms with E-state index in [4.69, 9.17) is 23.2 Å². The number of nitrogens with zero attached hydrogens (tertiary/aromatic N) is 1. The maximum Gasteiger partial charge on any atom is 0.283 e. The Morgan fingerprint density at radius 3 is 2.28 bits per heavy atom. The van der Waals surface area contributed by atoms with Crippen LogP contribution in [0.4, 0.5) is 21.5 Å². The fraction of sp³-hybridized carbons (Fsp3) is 0. The second kappa shape index (κ2) is 8.82. The van der Waals surface area contributed by atoms with Crippen molar-refractivity contribution in [1.82, 2.24) is 0 Å². The number of halogens is 3. The van der Waals surface area contributed by atoms with E-state index in [2.05, 4.69) is 10.6 Å². The number of nitrogens with one attached hydrogen (secondary N) is 2. The molecule has 3 amide bonds. The van der Waals surface area contributed by atoms with E-state index in [0.717, 1.165) is 4.90 Å². The van der Waals surface area contributed by atoms with Crippen molar-refractivity contribution in [3.8, 4) is 0 Å². The van der Waals surface area contributed by atoms with E-state index in [0.29, 0.717) is 16.4 Å². The molecule has 0 aliphatic carbocycles. The van der Waals surface area contributed by atoms with Gasteiger partial charge in [-0.1, -0.05) is 41.4 Å². The predicted octanol–water partition coefficient (Wildman–Crippen LogP) is 5.17. The van der Waals surface area contributed by atoms with Gasteiger partial charge in [-0.2, -0.15) is 0 Å². The van der Waals surface area contributed by atoms with Gasteiger partial charge in [-0.3, -0.25) is 14.4 Å². The van der Waals surface area contributed by atoms with Gasteiger partial charge in [0.15, 0.2) is 0 Å². The van der Waals surface area contributed by atoms with Gasteiger partial charge < -0.3 is 10.6 Å². The van der Waals surface area contributed by atoms with Crippen LogP contribution in [0.25, 0.3) is 0 Å². The summed E-state index contributed by atoms with van der Waals surface area (Å²) in [5.41, 5.74) is 0.957. The smallest absolute Gasteiger partial charge is 0.283 e. The van der Waals surface area contributed by atoms with E-state index in [9.17, 15) is 18.8 Å². The normalized spacial score (nSPS) is 13.5. The van der Waals surface area contributed by atoms with Crippen LogP contribution in [0.15, 0.2) is 83.5 Å². The summed E-state index contributed by atoms with van der Waals surface area (Å²) >= 11 is 12.1. The molecule has 3 aromatic carbocycles. The number of benzene rings is 3. The van der Waals surface area contributed by atoms with Crippen LogP contribution in [-0.4, -0.2) is 17.7 Å². The lowest BCUT2D eigenvalue weighted by molar-refractivity contribution is -0.120. The van der Waals surface area contributed by atoms with Crippen LogP contribution in [0, 0.1) is 5.82 Å². The fourth-order valence-corrected chi connectivity index (χ4v) is 3.46. The van der Waals surface area contributed by atoms with Crippen molar-refractivity contribution in [3.63, 3.8) is 0 Å². The summed E-state index contributed by atoms with van der Waals surface area (Å²) in [6.45, 7) is 0. The zero-order valence-electron chi connectivity index (χ0n) is 16.2. The lowest BCUT2D eigenvalue weighted by Crippen LogP contribution is -2.32. The van der Waals surface area contributed by atoms with Crippen LogP contribution in [0.5, 0.6) is 0 Å². The molecular formula is C23H14Cl2FN3O3. The fourth-order valence-electron chi connectivity index (χ4n) is 3.07. The van der Waals surface area contributed by atoms with Gasteiger partial charge in [0.25, 0.3) is 17.7 Å². The number of amides is 3. The number of carbonyl (C=O) groups is 3. The average Bonchev–Trinajstić information content (AvgIpc) is 2.99. The third-order valence-corrected chi connectivity index (χ3v) is 5.22. The van der Waals surface area contributed by atoms with Crippen molar-refractivity contribution < 1.29 is 18.8 Å². The number of carbonyl (C=O) groups excluding carboxylic acids is 3. The van der Waals surface area contributed by atoms with Crippen LogP contribution in [-0.2, 0) is 9.59 Å². The maximum atomic E-state index is 13.7. The molecule has 0 unspecified atom stereocenters. The number of para-hydroxylation sites is 1. The van der Waals surface area contributed by atoms with Gasteiger partial charge in [0, 0.05) is 16.3 Å².